The van der Waals surface area contributed by atoms with Gasteiger partial charge in [-0.05, 0) is 32.1 Å². The molecule has 0 amide bonds. The Balaban J connectivity index is 2.05. The maximum absolute atomic E-state index is 5.97. The lowest BCUT2D eigenvalue weighted by Crippen LogP contribution is -2.22. The van der Waals surface area contributed by atoms with Gasteiger partial charge in [-0.15, -0.1) is 0 Å². The molecule has 0 spiro atoms. The van der Waals surface area contributed by atoms with Gasteiger partial charge in [0.2, 0.25) is 0 Å². The molecule has 1 atom stereocenters. The Morgan fingerprint density at radius 3 is 2.42 bits per heavy atom. The largest absolute Gasteiger partial charge is 0.461 e. The van der Waals surface area contributed by atoms with Crippen molar-refractivity contribution >= 4 is 0 Å². The second-order valence-electron chi connectivity index (χ2n) is 5.37. The van der Waals surface area contributed by atoms with Crippen LogP contribution >= 0.6 is 0 Å². The predicted molar refractivity (Wildman–Crippen MR) is 80.2 cm³/mol. The van der Waals surface area contributed by atoms with Crippen LogP contribution in [0, 0.1) is 5.92 Å². The summed E-state index contributed by atoms with van der Waals surface area (Å²) in [7, 11) is 4.25. The molecule has 2 rings (SSSR count). The molecular formula is C17H23NO. The van der Waals surface area contributed by atoms with Crippen LogP contribution in [-0.2, 0) is 6.42 Å². The molecule has 0 fully saturated rings. The molecule has 1 unspecified atom stereocenters. The van der Waals surface area contributed by atoms with Gasteiger partial charge in [-0.2, -0.15) is 0 Å². The Kier molecular flexibility index (Phi) is 4.80. The first-order valence-corrected chi connectivity index (χ1v) is 6.98. The normalized spacial score (nSPS) is 12.8. The zero-order chi connectivity index (χ0) is 13.7. The first-order valence-electron chi connectivity index (χ1n) is 6.98. The fraction of sp³-hybridized carbons (Fsp3) is 0.412. The van der Waals surface area contributed by atoms with Crippen molar-refractivity contribution in [2.75, 3.05) is 20.6 Å². The maximum Gasteiger partial charge on any atom is 0.134 e. The van der Waals surface area contributed by atoms with Crippen molar-refractivity contribution in [2.24, 2.45) is 5.92 Å². The lowest BCUT2D eigenvalue weighted by Gasteiger charge is -2.18. The molecule has 19 heavy (non-hydrogen) atoms. The van der Waals surface area contributed by atoms with Crippen LogP contribution < -0.4 is 0 Å². The van der Waals surface area contributed by atoms with Crippen LogP contribution in [0.5, 0.6) is 0 Å². The van der Waals surface area contributed by atoms with E-state index in [4.69, 9.17) is 4.42 Å². The van der Waals surface area contributed by atoms with Gasteiger partial charge in [0, 0.05) is 18.5 Å². The first-order chi connectivity index (χ1) is 9.19. The SMILES string of the molecule is CCC(Cc1ccc(-c2ccccc2)o1)CN(C)C. The Bertz CT molecular complexity index is 487. The van der Waals surface area contributed by atoms with E-state index in [1.165, 1.54) is 6.42 Å². The smallest absolute Gasteiger partial charge is 0.134 e. The highest BCUT2D eigenvalue weighted by Gasteiger charge is 2.12. The van der Waals surface area contributed by atoms with E-state index in [1.54, 1.807) is 0 Å². The van der Waals surface area contributed by atoms with Gasteiger partial charge < -0.3 is 9.32 Å². The summed E-state index contributed by atoms with van der Waals surface area (Å²) in [6.07, 6.45) is 2.20. The molecule has 1 aromatic heterocycles. The van der Waals surface area contributed by atoms with Crippen LogP contribution in [0.15, 0.2) is 46.9 Å². The van der Waals surface area contributed by atoms with Crippen molar-refractivity contribution in [3.63, 3.8) is 0 Å². The van der Waals surface area contributed by atoms with Crippen LogP contribution in [-0.4, -0.2) is 25.5 Å². The van der Waals surface area contributed by atoms with E-state index in [0.29, 0.717) is 5.92 Å². The monoisotopic (exact) mass is 257 g/mol. The third kappa shape index (κ3) is 3.97. The summed E-state index contributed by atoms with van der Waals surface area (Å²) in [6.45, 7) is 3.35. The van der Waals surface area contributed by atoms with Crippen LogP contribution in [0.1, 0.15) is 19.1 Å². The number of nitrogens with zero attached hydrogens (tertiary/aromatic N) is 1. The second kappa shape index (κ2) is 6.58. The highest BCUT2D eigenvalue weighted by molar-refractivity contribution is 5.57. The molecule has 2 heteroatoms. The fourth-order valence-electron chi connectivity index (χ4n) is 2.38. The van der Waals surface area contributed by atoms with E-state index < -0.39 is 0 Å². The van der Waals surface area contributed by atoms with Crippen molar-refractivity contribution < 1.29 is 4.42 Å². The number of benzene rings is 1. The van der Waals surface area contributed by atoms with E-state index in [2.05, 4.69) is 50.2 Å². The molecule has 2 nitrogen and oxygen atoms in total. The summed E-state index contributed by atoms with van der Waals surface area (Å²) >= 11 is 0. The van der Waals surface area contributed by atoms with Crippen LogP contribution in [0.2, 0.25) is 0 Å². The molecule has 0 aliphatic carbocycles. The molecule has 1 heterocycles. The van der Waals surface area contributed by atoms with Gasteiger partial charge in [-0.1, -0.05) is 43.7 Å². The lowest BCUT2D eigenvalue weighted by atomic mass is 10.0. The van der Waals surface area contributed by atoms with Gasteiger partial charge in [0.25, 0.3) is 0 Å². The third-order valence-electron chi connectivity index (χ3n) is 3.41. The number of rotatable bonds is 6. The van der Waals surface area contributed by atoms with Gasteiger partial charge in [0.05, 0.1) is 0 Å². The minimum absolute atomic E-state index is 0.657. The van der Waals surface area contributed by atoms with E-state index >= 15 is 0 Å². The van der Waals surface area contributed by atoms with Gasteiger partial charge >= 0.3 is 0 Å². The summed E-state index contributed by atoms with van der Waals surface area (Å²) in [4.78, 5) is 2.25. The Morgan fingerprint density at radius 1 is 1.05 bits per heavy atom. The minimum Gasteiger partial charge on any atom is -0.461 e. The maximum atomic E-state index is 5.97. The molecule has 1 aromatic carbocycles. The number of furan rings is 1. The average Bonchev–Trinajstić information content (AvgIpc) is 2.87. The molecule has 0 aliphatic heterocycles. The third-order valence-corrected chi connectivity index (χ3v) is 3.41. The van der Waals surface area contributed by atoms with Crippen molar-refractivity contribution in [3.8, 4) is 11.3 Å². The van der Waals surface area contributed by atoms with Crippen LogP contribution in [0.3, 0.4) is 0 Å². The predicted octanol–water partition coefficient (Wildman–Crippen LogP) is 4.08. The van der Waals surface area contributed by atoms with E-state index in [9.17, 15) is 0 Å². The molecule has 0 saturated heterocycles. The summed E-state index contributed by atoms with van der Waals surface area (Å²) < 4.78 is 5.97. The van der Waals surface area contributed by atoms with Gasteiger partial charge in [-0.25, -0.2) is 0 Å². The summed E-state index contributed by atoms with van der Waals surface area (Å²) in [5.41, 5.74) is 1.15. The summed E-state index contributed by atoms with van der Waals surface area (Å²) in [5, 5.41) is 0. The van der Waals surface area contributed by atoms with E-state index in [0.717, 1.165) is 30.0 Å². The first kappa shape index (κ1) is 13.9. The highest BCUT2D eigenvalue weighted by Crippen LogP contribution is 2.24. The van der Waals surface area contributed by atoms with Crippen LogP contribution in [0.4, 0.5) is 0 Å². The van der Waals surface area contributed by atoms with Gasteiger partial charge in [0.1, 0.15) is 11.5 Å². The number of hydrogen-bond acceptors (Lipinski definition) is 2. The molecule has 102 valence electrons. The summed E-state index contributed by atoms with van der Waals surface area (Å²) in [5.74, 6) is 2.72. The standard InChI is InChI=1S/C17H23NO/c1-4-14(13-18(2)3)12-16-10-11-17(19-16)15-8-6-5-7-9-15/h5-11,14H,4,12-13H2,1-3H3. The molecule has 2 aromatic rings. The molecule has 0 N–H and O–H groups in total. The highest BCUT2D eigenvalue weighted by atomic mass is 16.3. The fourth-order valence-corrected chi connectivity index (χ4v) is 2.38. The minimum atomic E-state index is 0.657. The molecule has 0 saturated carbocycles. The lowest BCUT2D eigenvalue weighted by molar-refractivity contribution is 0.305. The van der Waals surface area contributed by atoms with E-state index in [1.807, 2.05) is 18.2 Å². The van der Waals surface area contributed by atoms with Crippen molar-refractivity contribution in [2.45, 2.75) is 19.8 Å². The van der Waals surface area contributed by atoms with E-state index in [-0.39, 0.29) is 0 Å². The average molecular weight is 257 g/mol. The Hall–Kier alpha value is -1.54. The molecular weight excluding hydrogens is 234 g/mol. The molecule has 0 radical (unpaired) electrons. The van der Waals surface area contributed by atoms with Crippen molar-refractivity contribution in [1.29, 1.82) is 0 Å². The topological polar surface area (TPSA) is 16.4 Å². The second-order valence-corrected chi connectivity index (χ2v) is 5.37. The zero-order valence-corrected chi connectivity index (χ0v) is 12.1. The summed E-state index contributed by atoms with van der Waals surface area (Å²) in [6, 6.07) is 14.5. The van der Waals surface area contributed by atoms with Gasteiger partial charge in [0.15, 0.2) is 0 Å². The molecule has 0 bridgehead atoms. The van der Waals surface area contributed by atoms with Crippen LogP contribution in [0.25, 0.3) is 11.3 Å². The molecule has 0 aliphatic rings. The van der Waals surface area contributed by atoms with Crippen molar-refractivity contribution in [3.05, 3.63) is 48.2 Å². The Morgan fingerprint density at radius 2 is 1.79 bits per heavy atom. The van der Waals surface area contributed by atoms with Crippen molar-refractivity contribution in [1.82, 2.24) is 4.90 Å². The quantitative estimate of drug-likeness (QED) is 0.775. The zero-order valence-electron chi connectivity index (χ0n) is 12.1. The number of hydrogen-bond donors (Lipinski definition) is 0. The van der Waals surface area contributed by atoms with Gasteiger partial charge in [-0.3, -0.25) is 0 Å². The Labute approximate surface area is 116 Å².